The van der Waals surface area contributed by atoms with Crippen molar-refractivity contribution in [3.05, 3.63) is 0 Å². The van der Waals surface area contributed by atoms with Gasteiger partial charge in [0.2, 0.25) is 0 Å². The standard InChI is InChI=1S/C6H17Cl2N4P/c1-10(2)13(9-8,11(3)4)12(5)6-7/h6H2,1-5H3. The van der Waals surface area contributed by atoms with Gasteiger partial charge >= 0.3 is 0 Å². The third-order valence-electron chi connectivity index (χ3n) is 1.81. The quantitative estimate of drug-likeness (QED) is 0.432. The second-order valence-corrected chi connectivity index (χ2v) is 7.28. The highest BCUT2D eigenvalue weighted by atomic mass is 35.5. The van der Waals surface area contributed by atoms with Crippen LogP contribution in [0.2, 0.25) is 0 Å². The number of halogens is 2. The van der Waals surface area contributed by atoms with E-state index in [1.54, 1.807) is 0 Å². The summed E-state index contributed by atoms with van der Waals surface area (Å²) in [6.07, 6.45) is 0. The van der Waals surface area contributed by atoms with E-state index in [0.29, 0.717) is 6.00 Å². The Kier molecular flexibility index (Phi) is 5.84. The first kappa shape index (κ1) is 13.7. The summed E-state index contributed by atoms with van der Waals surface area (Å²) < 4.78 is 9.92. The molecular weight excluding hydrogens is 230 g/mol. The average Bonchev–Trinajstić information content (AvgIpc) is 2.04. The summed E-state index contributed by atoms with van der Waals surface area (Å²) >= 11 is 11.5. The van der Waals surface area contributed by atoms with Gasteiger partial charge in [-0.2, -0.15) is 4.26 Å². The second kappa shape index (κ2) is 5.54. The molecule has 0 saturated heterocycles. The van der Waals surface area contributed by atoms with Gasteiger partial charge in [-0.05, 0) is 35.2 Å². The molecule has 0 aliphatic carbocycles. The van der Waals surface area contributed by atoms with Crippen LogP contribution in [0.3, 0.4) is 0 Å². The van der Waals surface area contributed by atoms with Gasteiger partial charge in [0.15, 0.2) is 7.51 Å². The summed E-state index contributed by atoms with van der Waals surface area (Å²) in [5.74, 6) is 0. The van der Waals surface area contributed by atoms with Crippen LogP contribution in [0.5, 0.6) is 0 Å². The predicted molar refractivity (Wildman–Crippen MR) is 61.1 cm³/mol. The number of nitrogens with zero attached hydrogens (tertiary/aromatic N) is 4. The lowest BCUT2D eigenvalue weighted by Gasteiger charge is -2.40. The zero-order chi connectivity index (χ0) is 10.6. The van der Waals surface area contributed by atoms with Crippen LogP contribution in [-0.2, 0) is 0 Å². The Morgan fingerprint density at radius 2 is 1.46 bits per heavy atom. The largest absolute Gasteiger partial charge is 0.251 e. The van der Waals surface area contributed by atoms with Crippen molar-refractivity contribution >= 4 is 30.9 Å². The number of hydrogen-bond acceptors (Lipinski definition) is 1. The van der Waals surface area contributed by atoms with Gasteiger partial charge in [-0.15, -0.1) is 11.6 Å². The average molecular weight is 247 g/mol. The lowest BCUT2D eigenvalue weighted by atomic mass is 11.2. The van der Waals surface area contributed by atoms with Crippen molar-refractivity contribution in [2.24, 2.45) is 4.26 Å². The molecule has 0 rings (SSSR count). The van der Waals surface area contributed by atoms with E-state index >= 15 is 0 Å². The van der Waals surface area contributed by atoms with Gasteiger partial charge in [0.25, 0.3) is 0 Å². The van der Waals surface area contributed by atoms with Crippen molar-refractivity contribution in [2.45, 2.75) is 0 Å². The minimum Gasteiger partial charge on any atom is -0.251 e. The van der Waals surface area contributed by atoms with Gasteiger partial charge in [-0.25, -0.2) is 4.67 Å². The highest BCUT2D eigenvalue weighted by molar-refractivity contribution is 7.59. The van der Waals surface area contributed by atoms with E-state index in [-0.39, 0.29) is 0 Å². The van der Waals surface area contributed by atoms with Crippen molar-refractivity contribution in [3.63, 3.8) is 0 Å². The topological polar surface area (TPSA) is 22.1 Å². The Balaban J connectivity index is 5.14. The molecule has 0 fully saturated rings. The molecule has 0 radical (unpaired) electrons. The van der Waals surface area contributed by atoms with Gasteiger partial charge in [-0.1, -0.05) is 0 Å². The normalized spacial score (nSPS) is 13.1. The number of alkyl halides is 1. The number of hydrogen-bond donors (Lipinski definition) is 0. The van der Waals surface area contributed by atoms with Crippen LogP contribution in [0.25, 0.3) is 0 Å². The van der Waals surface area contributed by atoms with E-state index in [1.165, 1.54) is 0 Å². The van der Waals surface area contributed by atoms with Crippen molar-refractivity contribution in [1.29, 1.82) is 0 Å². The summed E-state index contributed by atoms with van der Waals surface area (Å²) in [4.78, 5) is 0. The molecule has 0 heterocycles. The molecule has 0 unspecified atom stereocenters. The van der Waals surface area contributed by atoms with Crippen LogP contribution in [0.15, 0.2) is 4.26 Å². The molecule has 13 heavy (non-hydrogen) atoms. The zero-order valence-electron chi connectivity index (χ0n) is 8.70. The smallest absolute Gasteiger partial charge is 0.185 e. The Bertz CT molecular complexity index is 195. The number of rotatable bonds is 4. The molecule has 7 heteroatoms. The lowest BCUT2D eigenvalue weighted by molar-refractivity contribution is 0.466. The summed E-state index contributed by atoms with van der Waals surface area (Å²) in [7, 11) is 7.74. The zero-order valence-corrected chi connectivity index (χ0v) is 11.1. The maximum atomic E-state index is 5.78. The molecule has 0 aromatic heterocycles. The van der Waals surface area contributed by atoms with Crippen molar-refractivity contribution in [2.75, 3.05) is 41.2 Å². The van der Waals surface area contributed by atoms with Crippen LogP contribution in [0, 0.1) is 0 Å². The summed E-state index contributed by atoms with van der Waals surface area (Å²) in [6.45, 7) is 0. The molecule has 0 spiro atoms. The van der Waals surface area contributed by atoms with E-state index in [1.807, 2.05) is 49.2 Å². The molecule has 4 nitrogen and oxygen atoms in total. The molecule has 0 aliphatic rings. The van der Waals surface area contributed by atoms with Crippen LogP contribution < -0.4 is 0 Å². The Morgan fingerprint density at radius 3 is 1.54 bits per heavy atom. The maximum Gasteiger partial charge on any atom is 0.185 e. The molecule has 0 aromatic carbocycles. The SMILES string of the molecule is CN(C)P(=NCl)(N(C)C)N(C)CCl. The predicted octanol–water partition coefficient (Wildman–Crippen LogP) is 2.34. The third-order valence-corrected chi connectivity index (χ3v) is 6.35. The molecule has 0 aromatic rings. The molecule has 0 aliphatic heterocycles. The van der Waals surface area contributed by atoms with Crippen LogP contribution in [-0.4, -0.2) is 55.3 Å². The second-order valence-electron chi connectivity index (χ2n) is 3.08. The fourth-order valence-electron chi connectivity index (χ4n) is 1.23. The summed E-state index contributed by atoms with van der Waals surface area (Å²) in [6, 6.07) is 0.403. The molecular formula is C6H17Cl2N4P. The van der Waals surface area contributed by atoms with Gasteiger partial charge in [-0.3, -0.25) is 9.34 Å². The molecule has 0 amide bonds. The highest BCUT2D eigenvalue weighted by Gasteiger charge is 2.30. The first-order chi connectivity index (χ1) is 5.93. The van der Waals surface area contributed by atoms with Crippen molar-refractivity contribution in [3.8, 4) is 0 Å². The Hall–Kier alpha value is 0.690. The summed E-state index contributed by atoms with van der Waals surface area (Å²) in [5.41, 5.74) is 0. The first-order valence-corrected chi connectivity index (χ1v) is 6.26. The third kappa shape index (κ3) is 2.58. The van der Waals surface area contributed by atoms with E-state index < -0.39 is 7.51 Å². The molecule has 0 N–H and O–H groups in total. The highest BCUT2D eigenvalue weighted by Crippen LogP contribution is 2.56. The van der Waals surface area contributed by atoms with Crippen molar-refractivity contribution < 1.29 is 0 Å². The minimum absolute atomic E-state index is 0.403. The van der Waals surface area contributed by atoms with Gasteiger partial charge < -0.3 is 0 Å². The van der Waals surface area contributed by atoms with Gasteiger partial charge in [0.05, 0.1) is 6.00 Å². The van der Waals surface area contributed by atoms with Crippen LogP contribution in [0.1, 0.15) is 0 Å². The van der Waals surface area contributed by atoms with Crippen molar-refractivity contribution in [1.82, 2.24) is 14.0 Å². The van der Waals surface area contributed by atoms with E-state index in [9.17, 15) is 0 Å². The summed E-state index contributed by atoms with van der Waals surface area (Å²) in [5, 5.41) is 0. The lowest BCUT2D eigenvalue weighted by Crippen LogP contribution is -2.31. The van der Waals surface area contributed by atoms with E-state index in [0.717, 1.165) is 0 Å². The van der Waals surface area contributed by atoms with Crippen LogP contribution in [0.4, 0.5) is 0 Å². The molecule has 80 valence electrons. The fraction of sp³-hybridized carbons (Fsp3) is 1.00. The Labute approximate surface area is 90.7 Å². The van der Waals surface area contributed by atoms with Crippen LogP contribution >= 0.6 is 30.9 Å². The first-order valence-electron chi connectivity index (χ1n) is 3.79. The fourth-order valence-corrected chi connectivity index (χ4v) is 5.29. The Morgan fingerprint density at radius 1 is 1.08 bits per heavy atom. The molecule has 0 saturated carbocycles. The van der Waals surface area contributed by atoms with Gasteiger partial charge in [0.1, 0.15) is 0 Å². The monoisotopic (exact) mass is 246 g/mol. The van der Waals surface area contributed by atoms with E-state index in [2.05, 4.69) is 4.26 Å². The molecule has 0 atom stereocenters. The maximum absolute atomic E-state index is 5.78. The molecule has 0 bridgehead atoms. The van der Waals surface area contributed by atoms with Gasteiger partial charge in [0, 0.05) is 11.8 Å². The minimum atomic E-state index is -1.95. The van der Waals surface area contributed by atoms with E-state index in [4.69, 9.17) is 23.4 Å².